The minimum atomic E-state index is -3.20. The summed E-state index contributed by atoms with van der Waals surface area (Å²) < 4.78 is 25.7. The molecule has 0 bridgehead atoms. The number of nitrogens with two attached hydrogens (primary N) is 1. The number of halogens is 1. The largest absolute Gasteiger partial charge is 0.398 e. The van der Waals surface area contributed by atoms with Crippen molar-refractivity contribution in [1.82, 2.24) is 9.62 Å². The Morgan fingerprint density at radius 1 is 1.38 bits per heavy atom. The van der Waals surface area contributed by atoms with Gasteiger partial charge in [-0.1, -0.05) is 0 Å². The number of nitrogens with one attached hydrogen (secondary N) is 1. The van der Waals surface area contributed by atoms with E-state index in [0.717, 1.165) is 6.26 Å². The number of carbonyl (C=O) groups is 1. The van der Waals surface area contributed by atoms with Gasteiger partial charge in [-0.2, -0.15) is 0 Å². The molecule has 116 valence electrons. The summed E-state index contributed by atoms with van der Waals surface area (Å²) in [5.74, 6) is -0.0616. The summed E-state index contributed by atoms with van der Waals surface area (Å²) in [4.78, 5) is 14.1. The Kier molecular flexibility index (Phi) is 4.90. The van der Waals surface area contributed by atoms with E-state index in [1.807, 2.05) is 0 Å². The van der Waals surface area contributed by atoms with Gasteiger partial charge in [-0.3, -0.25) is 4.79 Å². The Morgan fingerprint density at radius 2 is 2.00 bits per heavy atom. The van der Waals surface area contributed by atoms with Gasteiger partial charge in [0.1, 0.15) is 0 Å². The first-order chi connectivity index (χ1) is 9.76. The van der Waals surface area contributed by atoms with E-state index in [4.69, 9.17) is 5.73 Å². The maximum Gasteiger partial charge on any atom is 0.253 e. The number of nitrogens with zero attached hydrogens (tertiary/aromatic N) is 1. The van der Waals surface area contributed by atoms with Gasteiger partial charge in [0.2, 0.25) is 10.0 Å². The smallest absolute Gasteiger partial charge is 0.253 e. The molecule has 2 rings (SSSR count). The number of hydrogen-bond donors (Lipinski definition) is 2. The molecule has 0 aromatic heterocycles. The molecule has 1 fully saturated rings. The van der Waals surface area contributed by atoms with Gasteiger partial charge < -0.3 is 10.6 Å². The van der Waals surface area contributed by atoms with E-state index in [-0.39, 0.29) is 11.9 Å². The second kappa shape index (κ2) is 6.33. The van der Waals surface area contributed by atoms with Crippen molar-refractivity contribution in [2.45, 2.75) is 18.9 Å². The Bertz CT molecular complexity index is 640. The molecule has 0 radical (unpaired) electrons. The van der Waals surface area contributed by atoms with Gasteiger partial charge in [-0.25, -0.2) is 13.1 Å². The minimum Gasteiger partial charge on any atom is -0.398 e. The average molecular weight is 376 g/mol. The normalized spacial score (nSPS) is 17.0. The lowest BCUT2D eigenvalue weighted by molar-refractivity contribution is 0.0711. The Labute approximate surface area is 132 Å². The standard InChI is InChI=1S/C13H18BrN3O3S/c1-21(19,20)16-10-4-6-17(7-5-10)13(18)9-2-3-12(15)11(14)8-9/h2-3,8,10,16H,4-7,15H2,1H3. The molecule has 1 amide bonds. The zero-order valence-corrected chi connectivity index (χ0v) is 14.1. The summed E-state index contributed by atoms with van der Waals surface area (Å²) in [6.07, 6.45) is 2.39. The van der Waals surface area contributed by atoms with Crippen LogP contribution in [0.2, 0.25) is 0 Å². The summed E-state index contributed by atoms with van der Waals surface area (Å²) >= 11 is 3.31. The SMILES string of the molecule is CS(=O)(=O)NC1CCN(C(=O)c2ccc(N)c(Br)c2)CC1. The molecule has 0 unspecified atom stereocenters. The highest BCUT2D eigenvalue weighted by Crippen LogP contribution is 2.22. The highest BCUT2D eigenvalue weighted by atomic mass is 79.9. The van der Waals surface area contributed by atoms with Crippen molar-refractivity contribution in [3.63, 3.8) is 0 Å². The second-order valence-corrected chi connectivity index (χ2v) is 7.83. The summed E-state index contributed by atoms with van der Waals surface area (Å²) in [5, 5.41) is 0. The van der Waals surface area contributed by atoms with Crippen LogP contribution in [0.1, 0.15) is 23.2 Å². The fourth-order valence-electron chi connectivity index (χ4n) is 2.35. The molecule has 8 heteroatoms. The molecule has 6 nitrogen and oxygen atoms in total. The summed E-state index contributed by atoms with van der Waals surface area (Å²) in [7, 11) is -3.20. The lowest BCUT2D eigenvalue weighted by Gasteiger charge is -2.32. The third kappa shape index (κ3) is 4.42. The van der Waals surface area contributed by atoms with E-state index in [9.17, 15) is 13.2 Å². The van der Waals surface area contributed by atoms with Crippen LogP contribution >= 0.6 is 15.9 Å². The topological polar surface area (TPSA) is 92.5 Å². The second-order valence-electron chi connectivity index (χ2n) is 5.19. The van der Waals surface area contributed by atoms with Crippen LogP contribution < -0.4 is 10.5 Å². The van der Waals surface area contributed by atoms with Gasteiger partial charge in [-0.05, 0) is 47.0 Å². The zero-order valence-electron chi connectivity index (χ0n) is 11.7. The third-order valence-corrected chi connectivity index (χ3v) is 4.86. The molecular formula is C13H18BrN3O3S. The maximum atomic E-state index is 12.4. The number of amides is 1. The highest BCUT2D eigenvalue weighted by molar-refractivity contribution is 9.10. The van der Waals surface area contributed by atoms with Gasteiger partial charge in [0.25, 0.3) is 5.91 Å². The average Bonchev–Trinajstić information content (AvgIpc) is 2.40. The summed E-state index contributed by atoms with van der Waals surface area (Å²) in [6, 6.07) is 5.00. The zero-order chi connectivity index (χ0) is 15.6. The van der Waals surface area contributed by atoms with E-state index in [0.29, 0.717) is 41.7 Å². The molecular weight excluding hydrogens is 358 g/mol. The molecule has 1 aromatic carbocycles. The van der Waals surface area contributed by atoms with E-state index in [2.05, 4.69) is 20.7 Å². The van der Waals surface area contributed by atoms with Gasteiger partial charge in [0, 0.05) is 34.9 Å². The maximum absolute atomic E-state index is 12.4. The number of carbonyl (C=O) groups excluding carboxylic acids is 1. The van der Waals surface area contributed by atoms with Crippen LogP contribution in [0, 0.1) is 0 Å². The first-order valence-corrected chi connectivity index (χ1v) is 9.26. The molecule has 1 aliphatic heterocycles. The van der Waals surface area contributed by atoms with Gasteiger partial charge >= 0.3 is 0 Å². The van der Waals surface area contributed by atoms with Crippen LogP contribution in [0.5, 0.6) is 0 Å². The number of rotatable bonds is 3. The lowest BCUT2D eigenvalue weighted by Crippen LogP contribution is -2.46. The third-order valence-electron chi connectivity index (χ3n) is 3.41. The number of hydrogen-bond acceptors (Lipinski definition) is 4. The first kappa shape index (κ1) is 16.3. The monoisotopic (exact) mass is 375 g/mol. The summed E-state index contributed by atoms with van der Waals surface area (Å²) in [6.45, 7) is 1.07. The summed E-state index contributed by atoms with van der Waals surface area (Å²) in [5.41, 5.74) is 6.87. The molecule has 1 heterocycles. The molecule has 0 atom stereocenters. The van der Waals surface area contributed by atoms with Crippen LogP contribution in [0.4, 0.5) is 5.69 Å². The van der Waals surface area contributed by atoms with Crippen LogP contribution in [-0.4, -0.2) is 44.6 Å². The van der Waals surface area contributed by atoms with Crippen molar-refractivity contribution in [3.05, 3.63) is 28.2 Å². The van der Waals surface area contributed by atoms with Crippen molar-refractivity contribution >= 4 is 37.5 Å². The predicted molar refractivity (Wildman–Crippen MR) is 85.5 cm³/mol. The Hall–Kier alpha value is -1.12. The van der Waals surface area contributed by atoms with Crippen molar-refractivity contribution in [3.8, 4) is 0 Å². The van der Waals surface area contributed by atoms with Crippen LogP contribution in [0.15, 0.2) is 22.7 Å². The van der Waals surface area contributed by atoms with Crippen molar-refractivity contribution < 1.29 is 13.2 Å². The Morgan fingerprint density at radius 3 is 2.52 bits per heavy atom. The lowest BCUT2D eigenvalue weighted by atomic mass is 10.0. The number of sulfonamides is 1. The first-order valence-electron chi connectivity index (χ1n) is 6.58. The number of piperidine rings is 1. The molecule has 0 aliphatic carbocycles. The predicted octanol–water partition coefficient (Wildman–Crippen LogP) is 1.19. The quantitative estimate of drug-likeness (QED) is 0.775. The number of likely N-dealkylation sites (tertiary alicyclic amines) is 1. The molecule has 1 aliphatic rings. The molecule has 0 spiro atoms. The molecule has 1 saturated heterocycles. The van der Waals surface area contributed by atoms with Gasteiger partial charge in [-0.15, -0.1) is 0 Å². The molecule has 1 aromatic rings. The van der Waals surface area contributed by atoms with Crippen LogP contribution in [0.25, 0.3) is 0 Å². The highest BCUT2D eigenvalue weighted by Gasteiger charge is 2.25. The van der Waals surface area contributed by atoms with Crippen molar-refractivity contribution in [2.24, 2.45) is 0 Å². The van der Waals surface area contributed by atoms with Crippen molar-refractivity contribution in [1.29, 1.82) is 0 Å². The molecule has 0 saturated carbocycles. The molecule has 21 heavy (non-hydrogen) atoms. The van der Waals surface area contributed by atoms with Gasteiger partial charge in [0.15, 0.2) is 0 Å². The van der Waals surface area contributed by atoms with E-state index >= 15 is 0 Å². The van der Waals surface area contributed by atoms with Crippen LogP contribution in [-0.2, 0) is 10.0 Å². The van der Waals surface area contributed by atoms with E-state index in [1.54, 1.807) is 23.1 Å². The van der Waals surface area contributed by atoms with Crippen molar-refractivity contribution in [2.75, 3.05) is 25.1 Å². The minimum absolute atomic E-state index is 0.0616. The number of nitrogen functional groups attached to an aromatic ring is 1. The number of benzene rings is 1. The van der Waals surface area contributed by atoms with Crippen LogP contribution in [0.3, 0.4) is 0 Å². The van der Waals surface area contributed by atoms with E-state index in [1.165, 1.54) is 0 Å². The number of anilines is 1. The fraction of sp³-hybridized carbons (Fsp3) is 0.462. The Balaban J connectivity index is 1.98. The fourth-order valence-corrected chi connectivity index (χ4v) is 3.57. The van der Waals surface area contributed by atoms with E-state index < -0.39 is 10.0 Å². The van der Waals surface area contributed by atoms with Gasteiger partial charge in [0.05, 0.1) is 6.26 Å². The molecule has 3 N–H and O–H groups in total.